The summed E-state index contributed by atoms with van der Waals surface area (Å²) in [5, 5.41) is 0.0470. The summed E-state index contributed by atoms with van der Waals surface area (Å²) in [6, 6.07) is 10.4. The number of hydrogen-bond donors (Lipinski definition) is 2. The molecular weight excluding hydrogens is 505 g/mol. The van der Waals surface area contributed by atoms with Gasteiger partial charge in [0.2, 0.25) is 10.0 Å². The van der Waals surface area contributed by atoms with Crippen molar-refractivity contribution in [1.29, 1.82) is 0 Å². The zero-order valence-electron chi connectivity index (χ0n) is 16.6. The predicted molar refractivity (Wildman–Crippen MR) is 120 cm³/mol. The molecule has 0 fully saturated rings. The van der Waals surface area contributed by atoms with E-state index in [1.807, 2.05) is 0 Å². The van der Waals surface area contributed by atoms with E-state index < -0.39 is 27.6 Å². The number of aromatic amines is 1. The average Bonchev–Trinajstić information content (AvgIpc) is 3.12. The van der Waals surface area contributed by atoms with Crippen LogP contribution in [0.5, 0.6) is 0 Å². The topological polar surface area (TPSA) is 74.8 Å². The first-order chi connectivity index (χ1) is 15.3. The summed E-state index contributed by atoms with van der Waals surface area (Å²) in [4.78, 5) is 7.06. The zero-order chi connectivity index (χ0) is 24.1. The smallest absolute Gasteiger partial charge is 0.338 e. The molecule has 0 aliphatic carbocycles. The van der Waals surface area contributed by atoms with E-state index in [-0.39, 0.29) is 32.6 Å². The van der Waals surface area contributed by atoms with E-state index in [1.165, 1.54) is 18.2 Å². The Bertz CT molecular complexity index is 1500. The second-order valence-corrected chi connectivity index (χ2v) is 9.76. The van der Waals surface area contributed by atoms with Crippen LogP contribution in [0.2, 0.25) is 10.0 Å². The van der Waals surface area contributed by atoms with Crippen LogP contribution >= 0.6 is 23.2 Å². The van der Waals surface area contributed by atoms with Gasteiger partial charge >= 0.3 is 6.18 Å². The number of aromatic nitrogens is 2. The highest BCUT2D eigenvalue weighted by Gasteiger charge is 2.32. The van der Waals surface area contributed by atoms with Crippen molar-refractivity contribution in [3.63, 3.8) is 0 Å². The maximum Gasteiger partial charge on any atom is 0.416 e. The molecule has 33 heavy (non-hydrogen) atoms. The van der Waals surface area contributed by atoms with E-state index in [1.54, 1.807) is 12.1 Å². The standard InChI is InChI=1S/C21H13Cl2F4N3O2S/c1-33(31,32)30-17-5-3-11(7-16(17)24)10-2-4-13(14(22)6-10)20-28-18-9-12(21(25,26)27)8-15(23)19(18)29-20/h2-9,30H,1H3,(H,28,29). The first-order valence-electron chi connectivity index (χ1n) is 9.16. The first kappa shape index (κ1) is 23.3. The highest BCUT2D eigenvalue weighted by molar-refractivity contribution is 7.92. The summed E-state index contributed by atoms with van der Waals surface area (Å²) in [5.41, 5.74) is 0.521. The number of anilines is 1. The second kappa shape index (κ2) is 8.19. The quantitative estimate of drug-likeness (QED) is 0.294. The number of alkyl halides is 3. The van der Waals surface area contributed by atoms with Crippen LogP contribution in [0.3, 0.4) is 0 Å². The molecule has 0 saturated carbocycles. The molecule has 0 radical (unpaired) electrons. The van der Waals surface area contributed by atoms with Gasteiger partial charge in [-0.25, -0.2) is 17.8 Å². The van der Waals surface area contributed by atoms with Gasteiger partial charge < -0.3 is 4.98 Å². The van der Waals surface area contributed by atoms with Crippen LogP contribution in [0.4, 0.5) is 23.2 Å². The van der Waals surface area contributed by atoms with Crippen molar-refractivity contribution in [3.8, 4) is 22.5 Å². The van der Waals surface area contributed by atoms with Gasteiger partial charge in [0.25, 0.3) is 0 Å². The number of hydrogen-bond acceptors (Lipinski definition) is 3. The van der Waals surface area contributed by atoms with Gasteiger partial charge in [0.05, 0.1) is 33.1 Å². The van der Waals surface area contributed by atoms with Crippen LogP contribution < -0.4 is 4.72 Å². The highest BCUT2D eigenvalue weighted by atomic mass is 35.5. The van der Waals surface area contributed by atoms with Crippen LogP contribution in [-0.2, 0) is 16.2 Å². The van der Waals surface area contributed by atoms with Gasteiger partial charge in [0.1, 0.15) is 17.2 Å². The van der Waals surface area contributed by atoms with E-state index in [4.69, 9.17) is 23.2 Å². The number of nitrogens with one attached hydrogen (secondary N) is 2. The van der Waals surface area contributed by atoms with E-state index in [2.05, 4.69) is 14.7 Å². The summed E-state index contributed by atoms with van der Waals surface area (Å²) in [6.45, 7) is 0. The molecule has 0 unspecified atom stereocenters. The maximum atomic E-state index is 14.3. The Morgan fingerprint density at radius 2 is 1.64 bits per heavy atom. The molecule has 0 saturated heterocycles. The molecule has 0 aliphatic heterocycles. The number of sulfonamides is 1. The van der Waals surface area contributed by atoms with Crippen LogP contribution in [0.15, 0.2) is 48.5 Å². The SMILES string of the molecule is CS(=O)(=O)Nc1ccc(-c2ccc(-c3nc4c(Cl)cc(C(F)(F)F)cc4[nH]3)c(Cl)c2)cc1F. The van der Waals surface area contributed by atoms with Gasteiger partial charge in [-0.2, -0.15) is 13.2 Å². The predicted octanol–water partition coefficient (Wildman–Crippen LogP) is 6.73. The van der Waals surface area contributed by atoms with E-state index in [0.29, 0.717) is 16.7 Å². The fraction of sp³-hybridized carbons (Fsp3) is 0.0952. The lowest BCUT2D eigenvalue weighted by Crippen LogP contribution is -2.10. The molecule has 3 aromatic carbocycles. The summed E-state index contributed by atoms with van der Waals surface area (Å²) in [6.07, 6.45) is -3.65. The van der Waals surface area contributed by atoms with Crippen LogP contribution in [0.1, 0.15) is 5.56 Å². The minimum absolute atomic E-state index is 0.0982. The largest absolute Gasteiger partial charge is 0.416 e. The molecule has 2 N–H and O–H groups in total. The van der Waals surface area contributed by atoms with Crippen molar-refractivity contribution in [2.75, 3.05) is 11.0 Å². The molecule has 0 atom stereocenters. The molecular formula is C21H13Cl2F4N3O2S. The number of rotatable bonds is 4. The molecule has 0 bridgehead atoms. The Morgan fingerprint density at radius 1 is 0.970 bits per heavy atom. The van der Waals surface area contributed by atoms with Crippen molar-refractivity contribution < 1.29 is 26.0 Å². The molecule has 0 aliphatic rings. The number of fused-ring (bicyclic) bond motifs is 1. The molecule has 4 rings (SSSR count). The summed E-state index contributed by atoms with van der Waals surface area (Å²) in [5.74, 6) is -0.563. The summed E-state index contributed by atoms with van der Waals surface area (Å²) in [7, 11) is -3.64. The molecule has 172 valence electrons. The van der Waals surface area contributed by atoms with Crippen molar-refractivity contribution in [2.45, 2.75) is 6.18 Å². The fourth-order valence-electron chi connectivity index (χ4n) is 3.23. The third-order valence-electron chi connectivity index (χ3n) is 4.69. The lowest BCUT2D eigenvalue weighted by molar-refractivity contribution is -0.137. The Morgan fingerprint density at radius 3 is 2.24 bits per heavy atom. The fourth-order valence-corrected chi connectivity index (χ4v) is 4.33. The minimum atomic E-state index is -4.57. The Hall–Kier alpha value is -2.82. The average molecular weight is 518 g/mol. The lowest BCUT2D eigenvalue weighted by atomic mass is 10.0. The Kier molecular flexibility index (Phi) is 5.80. The van der Waals surface area contributed by atoms with Crippen molar-refractivity contribution >= 4 is 49.9 Å². The van der Waals surface area contributed by atoms with E-state index >= 15 is 0 Å². The number of halogens is 6. The van der Waals surface area contributed by atoms with Gasteiger partial charge in [-0.05, 0) is 47.5 Å². The van der Waals surface area contributed by atoms with Crippen molar-refractivity contribution in [3.05, 3.63) is 70.0 Å². The molecule has 0 spiro atoms. The Labute approximate surface area is 195 Å². The zero-order valence-corrected chi connectivity index (χ0v) is 18.9. The van der Waals surface area contributed by atoms with E-state index in [9.17, 15) is 26.0 Å². The Balaban J connectivity index is 1.70. The molecule has 12 heteroatoms. The van der Waals surface area contributed by atoms with Crippen LogP contribution in [0.25, 0.3) is 33.5 Å². The molecule has 1 aromatic heterocycles. The lowest BCUT2D eigenvalue weighted by Gasteiger charge is -2.09. The third kappa shape index (κ3) is 4.92. The monoisotopic (exact) mass is 517 g/mol. The van der Waals surface area contributed by atoms with Crippen LogP contribution in [-0.4, -0.2) is 24.6 Å². The molecule has 0 amide bonds. The number of nitrogens with zero attached hydrogens (tertiary/aromatic N) is 1. The highest BCUT2D eigenvalue weighted by Crippen LogP contribution is 2.37. The van der Waals surface area contributed by atoms with Gasteiger partial charge in [0.15, 0.2) is 0 Å². The normalized spacial score (nSPS) is 12.3. The van der Waals surface area contributed by atoms with Gasteiger partial charge in [-0.15, -0.1) is 0 Å². The van der Waals surface area contributed by atoms with Crippen molar-refractivity contribution in [2.24, 2.45) is 0 Å². The van der Waals surface area contributed by atoms with Crippen molar-refractivity contribution in [1.82, 2.24) is 9.97 Å². The summed E-state index contributed by atoms with van der Waals surface area (Å²) < 4.78 is 78.2. The van der Waals surface area contributed by atoms with E-state index in [0.717, 1.165) is 24.5 Å². The first-order valence-corrected chi connectivity index (χ1v) is 11.8. The third-order valence-corrected chi connectivity index (χ3v) is 5.88. The maximum absolute atomic E-state index is 14.3. The summed E-state index contributed by atoms with van der Waals surface area (Å²) >= 11 is 12.4. The second-order valence-electron chi connectivity index (χ2n) is 7.20. The molecule has 5 nitrogen and oxygen atoms in total. The number of H-pyrrole nitrogens is 1. The molecule has 4 aromatic rings. The van der Waals surface area contributed by atoms with Gasteiger partial charge in [0, 0.05) is 5.56 Å². The molecule has 1 heterocycles. The number of benzene rings is 3. The minimum Gasteiger partial charge on any atom is -0.338 e. The van der Waals surface area contributed by atoms with Crippen LogP contribution in [0, 0.1) is 5.82 Å². The number of imidazole rings is 1. The van der Waals surface area contributed by atoms with Gasteiger partial charge in [-0.1, -0.05) is 35.3 Å². The van der Waals surface area contributed by atoms with Gasteiger partial charge in [-0.3, -0.25) is 4.72 Å².